The Morgan fingerprint density at radius 1 is 1.30 bits per heavy atom. The third kappa shape index (κ3) is 3.45. The lowest BCUT2D eigenvalue weighted by Gasteiger charge is -2.12. The van der Waals surface area contributed by atoms with Gasteiger partial charge in [0.25, 0.3) is 0 Å². The molecule has 1 aromatic carbocycles. The fourth-order valence-corrected chi connectivity index (χ4v) is 2.28. The lowest BCUT2D eigenvalue weighted by atomic mass is 10.1. The van der Waals surface area contributed by atoms with Crippen molar-refractivity contribution in [1.29, 1.82) is 0 Å². The van der Waals surface area contributed by atoms with E-state index >= 15 is 0 Å². The first-order valence-corrected chi connectivity index (χ1v) is 7.30. The molecule has 2 N–H and O–H groups in total. The fourth-order valence-electron chi connectivity index (χ4n) is 2.28. The van der Waals surface area contributed by atoms with E-state index in [9.17, 15) is 4.79 Å². The number of carbonyl (C=O) groups is 1. The van der Waals surface area contributed by atoms with Crippen LogP contribution in [0.1, 0.15) is 30.2 Å². The van der Waals surface area contributed by atoms with Gasteiger partial charge in [0.05, 0.1) is 5.52 Å². The first-order valence-electron chi connectivity index (χ1n) is 7.30. The standard InChI is InChI=1S/C16H17N5O2/c1-10(15-20-11(2)21-23-15)19-16(22)18-9-13-6-3-5-12-7-4-8-17-14(12)13/h3-8,10H,9H2,1-2H3,(H2,18,19,22)/t10-/m0/s1. The minimum atomic E-state index is -0.359. The molecule has 2 heterocycles. The lowest BCUT2D eigenvalue weighted by molar-refractivity contribution is 0.233. The molecule has 2 aromatic heterocycles. The van der Waals surface area contributed by atoms with Crippen LogP contribution >= 0.6 is 0 Å². The summed E-state index contributed by atoms with van der Waals surface area (Å²) in [5.74, 6) is 0.917. The summed E-state index contributed by atoms with van der Waals surface area (Å²) in [4.78, 5) is 20.5. The van der Waals surface area contributed by atoms with Crippen molar-refractivity contribution < 1.29 is 9.32 Å². The molecular formula is C16H17N5O2. The van der Waals surface area contributed by atoms with E-state index in [1.807, 2.05) is 30.3 Å². The lowest BCUT2D eigenvalue weighted by Crippen LogP contribution is -2.36. The molecule has 0 aliphatic heterocycles. The summed E-state index contributed by atoms with van der Waals surface area (Å²) in [7, 11) is 0. The maximum absolute atomic E-state index is 12.0. The quantitative estimate of drug-likeness (QED) is 0.772. The summed E-state index contributed by atoms with van der Waals surface area (Å²) in [5.41, 5.74) is 1.84. The highest BCUT2D eigenvalue weighted by atomic mass is 16.5. The number of pyridine rings is 1. The van der Waals surface area contributed by atoms with Gasteiger partial charge in [-0.05, 0) is 25.5 Å². The van der Waals surface area contributed by atoms with Crippen molar-refractivity contribution in [2.24, 2.45) is 0 Å². The molecule has 0 aliphatic rings. The van der Waals surface area contributed by atoms with Crippen LogP contribution in [0.3, 0.4) is 0 Å². The highest BCUT2D eigenvalue weighted by Gasteiger charge is 2.15. The summed E-state index contributed by atoms with van der Waals surface area (Å²) < 4.78 is 5.03. The highest BCUT2D eigenvalue weighted by molar-refractivity contribution is 5.82. The predicted octanol–water partition coefficient (Wildman–Crippen LogP) is 2.49. The van der Waals surface area contributed by atoms with Gasteiger partial charge < -0.3 is 15.2 Å². The topological polar surface area (TPSA) is 92.9 Å². The van der Waals surface area contributed by atoms with Crippen molar-refractivity contribution in [3.8, 4) is 0 Å². The number of carbonyl (C=O) groups excluding carboxylic acids is 1. The summed E-state index contributed by atoms with van der Waals surface area (Å²) >= 11 is 0. The van der Waals surface area contributed by atoms with Crippen molar-refractivity contribution in [3.63, 3.8) is 0 Å². The third-order valence-electron chi connectivity index (χ3n) is 3.42. The van der Waals surface area contributed by atoms with E-state index in [-0.39, 0.29) is 12.1 Å². The van der Waals surface area contributed by atoms with Crippen LogP contribution in [0, 0.1) is 6.92 Å². The molecule has 0 aliphatic carbocycles. The largest absolute Gasteiger partial charge is 0.337 e. The average Bonchev–Trinajstić information content (AvgIpc) is 2.99. The maximum atomic E-state index is 12.0. The molecule has 0 fully saturated rings. The number of hydrogen-bond donors (Lipinski definition) is 2. The molecule has 0 radical (unpaired) electrons. The third-order valence-corrected chi connectivity index (χ3v) is 3.42. The number of nitrogens with zero attached hydrogens (tertiary/aromatic N) is 3. The van der Waals surface area contributed by atoms with Crippen LogP contribution in [0.5, 0.6) is 0 Å². The number of fused-ring (bicyclic) bond motifs is 1. The number of nitrogens with one attached hydrogen (secondary N) is 2. The fraction of sp³-hybridized carbons (Fsp3) is 0.250. The Morgan fingerprint density at radius 3 is 2.91 bits per heavy atom. The SMILES string of the molecule is Cc1noc([C@H](C)NC(=O)NCc2cccc3cccnc23)n1. The van der Waals surface area contributed by atoms with Crippen LogP contribution in [-0.4, -0.2) is 21.2 Å². The van der Waals surface area contributed by atoms with Gasteiger partial charge >= 0.3 is 6.03 Å². The van der Waals surface area contributed by atoms with E-state index < -0.39 is 0 Å². The minimum Gasteiger partial charge on any atom is -0.337 e. The zero-order valence-corrected chi connectivity index (χ0v) is 12.9. The van der Waals surface area contributed by atoms with Gasteiger partial charge in [0, 0.05) is 18.1 Å². The Hall–Kier alpha value is -2.96. The van der Waals surface area contributed by atoms with Gasteiger partial charge in [-0.2, -0.15) is 4.98 Å². The van der Waals surface area contributed by atoms with Gasteiger partial charge in [0.15, 0.2) is 5.82 Å². The molecule has 23 heavy (non-hydrogen) atoms. The zero-order valence-electron chi connectivity index (χ0n) is 12.9. The number of urea groups is 1. The summed E-state index contributed by atoms with van der Waals surface area (Å²) in [6.45, 7) is 3.90. The monoisotopic (exact) mass is 311 g/mol. The van der Waals surface area contributed by atoms with Crippen LogP contribution in [0.2, 0.25) is 0 Å². The number of hydrogen-bond acceptors (Lipinski definition) is 5. The number of amides is 2. The van der Waals surface area contributed by atoms with Crippen molar-refractivity contribution in [2.45, 2.75) is 26.4 Å². The Labute approximate surface area is 133 Å². The molecule has 7 nitrogen and oxygen atoms in total. The number of rotatable bonds is 4. The second kappa shape index (κ2) is 6.43. The molecule has 0 bridgehead atoms. The summed E-state index contributed by atoms with van der Waals surface area (Å²) in [5, 5.41) is 10.3. The van der Waals surface area contributed by atoms with Crippen molar-refractivity contribution in [2.75, 3.05) is 0 Å². The smallest absolute Gasteiger partial charge is 0.315 e. The van der Waals surface area contributed by atoms with E-state index in [4.69, 9.17) is 4.52 Å². The maximum Gasteiger partial charge on any atom is 0.315 e. The van der Waals surface area contributed by atoms with Gasteiger partial charge in [0.1, 0.15) is 6.04 Å². The molecule has 1 atom stereocenters. The molecule has 3 aromatic rings. The second-order valence-electron chi connectivity index (χ2n) is 5.22. The Bertz CT molecular complexity index is 825. The van der Waals surface area contributed by atoms with E-state index in [0.717, 1.165) is 16.5 Å². The van der Waals surface area contributed by atoms with E-state index in [2.05, 4.69) is 25.8 Å². The molecule has 7 heteroatoms. The van der Waals surface area contributed by atoms with Gasteiger partial charge in [-0.3, -0.25) is 4.98 Å². The molecule has 0 saturated heterocycles. The molecule has 3 rings (SSSR count). The van der Waals surface area contributed by atoms with Crippen LogP contribution in [0.4, 0.5) is 4.79 Å². The molecule has 0 saturated carbocycles. The van der Waals surface area contributed by atoms with Crippen molar-refractivity contribution in [1.82, 2.24) is 25.8 Å². The molecule has 118 valence electrons. The van der Waals surface area contributed by atoms with Gasteiger partial charge in [0.2, 0.25) is 5.89 Å². The van der Waals surface area contributed by atoms with Crippen LogP contribution in [0.25, 0.3) is 10.9 Å². The van der Waals surface area contributed by atoms with Crippen LogP contribution < -0.4 is 10.6 Å². The van der Waals surface area contributed by atoms with E-state index in [1.165, 1.54) is 0 Å². The number of aryl methyl sites for hydroxylation is 1. The van der Waals surface area contributed by atoms with Crippen LogP contribution in [-0.2, 0) is 6.54 Å². The van der Waals surface area contributed by atoms with E-state index in [0.29, 0.717) is 18.3 Å². The summed E-state index contributed by atoms with van der Waals surface area (Å²) in [6.07, 6.45) is 1.74. The highest BCUT2D eigenvalue weighted by Crippen LogP contribution is 2.15. The number of aromatic nitrogens is 3. The van der Waals surface area contributed by atoms with E-state index in [1.54, 1.807) is 20.0 Å². The first kappa shape index (κ1) is 15.0. The summed E-state index contributed by atoms with van der Waals surface area (Å²) in [6, 6.07) is 9.10. The van der Waals surface area contributed by atoms with Gasteiger partial charge in [-0.25, -0.2) is 4.79 Å². The van der Waals surface area contributed by atoms with Gasteiger partial charge in [-0.15, -0.1) is 0 Å². The predicted molar refractivity (Wildman–Crippen MR) is 84.6 cm³/mol. The molecular weight excluding hydrogens is 294 g/mol. The van der Waals surface area contributed by atoms with Crippen LogP contribution in [0.15, 0.2) is 41.1 Å². The molecule has 0 unspecified atom stereocenters. The molecule has 2 amide bonds. The average molecular weight is 311 g/mol. The number of para-hydroxylation sites is 1. The van der Waals surface area contributed by atoms with Gasteiger partial charge in [-0.1, -0.05) is 29.4 Å². The normalized spacial score (nSPS) is 12.1. The first-order chi connectivity index (χ1) is 11.1. The van der Waals surface area contributed by atoms with Crippen molar-refractivity contribution in [3.05, 3.63) is 53.8 Å². The Kier molecular flexibility index (Phi) is 4.18. The Balaban J connectivity index is 1.62. The Morgan fingerprint density at radius 2 is 2.13 bits per heavy atom. The second-order valence-corrected chi connectivity index (χ2v) is 5.22. The number of benzene rings is 1. The van der Waals surface area contributed by atoms with Crippen molar-refractivity contribution >= 4 is 16.9 Å². The zero-order chi connectivity index (χ0) is 16.2. The minimum absolute atomic E-state index is 0.304. The molecule has 0 spiro atoms.